The van der Waals surface area contributed by atoms with Crippen LogP contribution >= 0.6 is 11.8 Å². The quantitative estimate of drug-likeness (QED) is 0.726. The maximum atomic E-state index is 9.31. The first-order valence-electron chi connectivity index (χ1n) is 5.20. The van der Waals surface area contributed by atoms with Crippen molar-refractivity contribution in [3.05, 3.63) is 0 Å². The van der Waals surface area contributed by atoms with Gasteiger partial charge in [0, 0.05) is 5.25 Å². The van der Waals surface area contributed by atoms with Gasteiger partial charge in [-0.25, -0.2) is 0 Å². The Morgan fingerprint density at radius 1 is 1.54 bits per heavy atom. The van der Waals surface area contributed by atoms with Crippen LogP contribution < -0.4 is 5.32 Å². The fourth-order valence-corrected chi connectivity index (χ4v) is 2.63. The van der Waals surface area contributed by atoms with Crippen molar-refractivity contribution in [2.75, 3.05) is 18.8 Å². The van der Waals surface area contributed by atoms with E-state index in [1.165, 1.54) is 31.7 Å². The zero-order valence-corrected chi connectivity index (χ0v) is 9.44. The normalized spacial score (nSPS) is 28.4. The molecule has 3 atom stereocenters. The molecule has 1 saturated heterocycles. The first-order valence-corrected chi connectivity index (χ1v) is 6.25. The van der Waals surface area contributed by atoms with E-state index in [1.54, 1.807) is 0 Å². The maximum Gasteiger partial charge on any atom is 0.0627 e. The third kappa shape index (κ3) is 4.34. The first kappa shape index (κ1) is 11.3. The minimum absolute atomic E-state index is 0.179. The highest BCUT2D eigenvalue weighted by Crippen LogP contribution is 2.21. The van der Waals surface area contributed by atoms with Gasteiger partial charge in [-0.3, -0.25) is 0 Å². The molecule has 1 fully saturated rings. The molecule has 0 aromatic carbocycles. The summed E-state index contributed by atoms with van der Waals surface area (Å²) in [5.41, 5.74) is 0. The highest BCUT2D eigenvalue weighted by atomic mass is 32.2. The third-order valence-corrected chi connectivity index (χ3v) is 4.26. The van der Waals surface area contributed by atoms with E-state index in [4.69, 9.17) is 0 Å². The molecule has 0 bridgehead atoms. The van der Waals surface area contributed by atoms with Crippen LogP contribution in [-0.2, 0) is 0 Å². The molecule has 13 heavy (non-hydrogen) atoms. The summed E-state index contributed by atoms with van der Waals surface area (Å²) in [5, 5.41) is 13.1. The van der Waals surface area contributed by atoms with Gasteiger partial charge in [-0.2, -0.15) is 11.8 Å². The van der Waals surface area contributed by atoms with Gasteiger partial charge in [0.25, 0.3) is 0 Å². The van der Waals surface area contributed by atoms with Crippen molar-refractivity contribution >= 4 is 11.8 Å². The van der Waals surface area contributed by atoms with Crippen molar-refractivity contribution in [1.29, 1.82) is 0 Å². The van der Waals surface area contributed by atoms with Crippen molar-refractivity contribution < 1.29 is 5.11 Å². The number of nitrogens with one attached hydrogen (secondary N) is 1. The molecule has 0 saturated carbocycles. The van der Waals surface area contributed by atoms with Crippen LogP contribution in [0.4, 0.5) is 0 Å². The van der Waals surface area contributed by atoms with Gasteiger partial charge >= 0.3 is 0 Å². The standard InChI is InChI=1S/C10H21NOS/c1-8(12)9(2)13-7-10-4-3-5-11-6-10/h8-12H,3-7H2,1-2H3. The number of hydrogen-bond donors (Lipinski definition) is 2. The zero-order chi connectivity index (χ0) is 9.68. The van der Waals surface area contributed by atoms with E-state index in [9.17, 15) is 5.11 Å². The summed E-state index contributed by atoms with van der Waals surface area (Å²) in [6, 6.07) is 0. The summed E-state index contributed by atoms with van der Waals surface area (Å²) in [6.45, 7) is 6.33. The van der Waals surface area contributed by atoms with Crippen molar-refractivity contribution in [3.8, 4) is 0 Å². The molecule has 1 aliphatic heterocycles. The number of thioether (sulfide) groups is 1. The van der Waals surface area contributed by atoms with E-state index in [1.807, 2.05) is 18.7 Å². The number of aliphatic hydroxyl groups excluding tert-OH is 1. The van der Waals surface area contributed by atoms with Crippen LogP contribution in [0, 0.1) is 5.92 Å². The molecule has 1 rings (SSSR count). The Hall–Kier alpha value is 0.270. The number of hydrogen-bond acceptors (Lipinski definition) is 3. The topological polar surface area (TPSA) is 32.3 Å². The SMILES string of the molecule is CC(O)C(C)SCC1CCCNC1. The van der Waals surface area contributed by atoms with E-state index >= 15 is 0 Å². The maximum absolute atomic E-state index is 9.31. The minimum Gasteiger partial charge on any atom is -0.392 e. The highest BCUT2D eigenvalue weighted by molar-refractivity contribution is 7.99. The second-order valence-electron chi connectivity index (χ2n) is 3.99. The van der Waals surface area contributed by atoms with Crippen LogP contribution in [0.5, 0.6) is 0 Å². The average molecular weight is 203 g/mol. The molecule has 0 aromatic rings. The Morgan fingerprint density at radius 2 is 2.31 bits per heavy atom. The van der Waals surface area contributed by atoms with Gasteiger partial charge in [0.05, 0.1) is 6.10 Å². The number of rotatable bonds is 4. The Morgan fingerprint density at radius 3 is 2.85 bits per heavy atom. The fraction of sp³-hybridized carbons (Fsp3) is 1.00. The molecule has 1 aliphatic rings. The first-order chi connectivity index (χ1) is 6.20. The molecule has 0 aliphatic carbocycles. The van der Waals surface area contributed by atoms with Gasteiger partial charge in [-0.05, 0) is 44.5 Å². The smallest absolute Gasteiger partial charge is 0.0627 e. The van der Waals surface area contributed by atoms with Crippen LogP contribution in [0.25, 0.3) is 0 Å². The van der Waals surface area contributed by atoms with Gasteiger partial charge in [-0.1, -0.05) is 6.92 Å². The third-order valence-electron chi connectivity index (χ3n) is 2.67. The van der Waals surface area contributed by atoms with Gasteiger partial charge in [-0.15, -0.1) is 0 Å². The second-order valence-corrected chi connectivity index (χ2v) is 5.40. The molecular weight excluding hydrogens is 182 g/mol. The molecule has 3 unspecified atom stereocenters. The summed E-state index contributed by atoms with van der Waals surface area (Å²) in [5.74, 6) is 2.01. The molecule has 1 heterocycles. The number of aliphatic hydroxyl groups is 1. The summed E-state index contributed by atoms with van der Waals surface area (Å²) >= 11 is 1.90. The van der Waals surface area contributed by atoms with E-state index < -0.39 is 0 Å². The lowest BCUT2D eigenvalue weighted by Crippen LogP contribution is -2.31. The lowest BCUT2D eigenvalue weighted by molar-refractivity contribution is 0.196. The Bertz CT molecular complexity index is 135. The van der Waals surface area contributed by atoms with Gasteiger partial charge in [0.15, 0.2) is 0 Å². The molecule has 78 valence electrons. The summed E-state index contributed by atoms with van der Waals surface area (Å²) in [6.07, 6.45) is 2.49. The van der Waals surface area contributed by atoms with Crippen LogP contribution in [-0.4, -0.2) is 35.3 Å². The largest absolute Gasteiger partial charge is 0.392 e. The highest BCUT2D eigenvalue weighted by Gasteiger charge is 2.16. The van der Waals surface area contributed by atoms with Crippen molar-refractivity contribution in [2.45, 2.75) is 38.0 Å². The predicted octanol–water partition coefficient (Wildman–Crippen LogP) is 1.49. The lowest BCUT2D eigenvalue weighted by Gasteiger charge is -2.24. The average Bonchev–Trinajstić information content (AvgIpc) is 2.15. The Kier molecular flexibility index (Phi) is 5.14. The summed E-state index contributed by atoms with van der Waals surface area (Å²) < 4.78 is 0. The van der Waals surface area contributed by atoms with E-state index in [2.05, 4.69) is 12.2 Å². The van der Waals surface area contributed by atoms with Crippen LogP contribution in [0.1, 0.15) is 26.7 Å². The second kappa shape index (κ2) is 5.89. The van der Waals surface area contributed by atoms with Gasteiger partial charge in [0.2, 0.25) is 0 Å². The minimum atomic E-state index is -0.179. The van der Waals surface area contributed by atoms with E-state index in [0.29, 0.717) is 5.25 Å². The Labute approximate surface area is 85.5 Å². The van der Waals surface area contributed by atoms with Gasteiger partial charge < -0.3 is 10.4 Å². The molecule has 0 spiro atoms. The lowest BCUT2D eigenvalue weighted by atomic mass is 10.0. The van der Waals surface area contributed by atoms with Crippen LogP contribution in [0.15, 0.2) is 0 Å². The zero-order valence-electron chi connectivity index (χ0n) is 8.62. The van der Waals surface area contributed by atoms with E-state index in [0.717, 1.165) is 5.92 Å². The summed E-state index contributed by atoms with van der Waals surface area (Å²) in [4.78, 5) is 0. The molecule has 3 heteroatoms. The molecular formula is C10H21NOS. The monoisotopic (exact) mass is 203 g/mol. The predicted molar refractivity (Wildman–Crippen MR) is 59.2 cm³/mol. The van der Waals surface area contributed by atoms with Crippen LogP contribution in [0.3, 0.4) is 0 Å². The molecule has 0 radical (unpaired) electrons. The summed E-state index contributed by atoms with van der Waals surface area (Å²) in [7, 11) is 0. The fourth-order valence-electron chi connectivity index (χ4n) is 1.49. The van der Waals surface area contributed by atoms with Crippen LogP contribution in [0.2, 0.25) is 0 Å². The number of piperidine rings is 1. The van der Waals surface area contributed by atoms with E-state index in [-0.39, 0.29) is 6.10 Å². The molecule has 2 nitrogen and oxygen atoms in total. The van der Waals surface area contributed by atoms with Crippen molar-refractivity contribution in [3.63, 3.8) is 0 Å². The molecule has 0 amide bonds. The van der Waals surface area contributed by atoms with Crippen molar-refractivity contribution in [1.82, 2.24) is 5.32 Å². The Balaban J connectivity index is 2.10. The van der Waals surface area contributed by atoms with Crippen molar-refractivity contribution in [2.24, 2.45) is 5.92 Å². The molecule has 0 aromatic heterocycles. The van der Waals surface area contributed by atoms with Gasteiger partial charge in [0.1, 0.15) is 0 Å². The molecule has 2 N–H and O–H groups in total.